The van der Waals surface area contributed by atoms with Crippen LogP contribution in [0.1, 0.15) is 19.8 Å². The molecule has 0 spiro atoms. The molecule has 1 N–H and O–H groups in total. The molecule has 22 heavy (non-hydrogen) atoms. The van der Waals surface area contributed by atoms with Crippen LogP contribution in [0, 0.1) is 5.92 Å². The van der Waals surface area contributed by atoms with E-state index in [1.165, 1.54) is 4.31 Å². The Kier molecular flexibility index (Phi) is 5.42. The molecule has 1 aliphatic rings. The largest absolute Gasteiger partial charge is 0.492 e. The molecule has 0 aliphatic carbocycles. The van der Waals surface area contributed by atoms with Crippen molar-refractivity contribution in [2.75, 3.05) is 18.9 Å². The number of ether oxygens (including phenoxy) is 1. The van der Waals surface area contributed by atoms with Gasteiger partial charge in [0.15, 0.2) is 0 Å². The summed E-state index contributed by atoms with van der Waals surface area (Å²) in [5, 5.41) is 9.17. The van der Waals surface area contributed by atoms with Gasteiger partial charge in [0, 0.05) is 12.6 Å². The zero-order valence-electron chi connectivity index (χ0n) is 12.5. The summed E-state index contributed by atoms with van der Waals surface area (Å²) in [5.74, 6) is -1.11. The zero-order valence-corrected chi connectivity index (χ0v) is 13.3. The highest BCUT2D eigenvalue weighted by atomic mass is 32.2. The molecule has 0 aromatic heterocycles. The van der Waals surface area contributed by atoms with Gasteiger partial charge in [-0.15, -0.1) is 0 Å². The number of hydrogen-bond acceptors (Lipinski definition) is 4. The molecule has 1 heterocycles. The third kappa shape index (κ3) is 3.98. The first kappa shape index (κ1) is 16.8. The van der Waals surface area contributed by atoms with Crippen molar-refractivity contribution >= 4 is 16.0 Å². The minimum absolute atomic E-state index is 0.0489. The van der Waals surface area contributed by atoms with E-state index in [1.54, 1.807) is 19.1 Å². The first-order chi connectivity index (χ1) is 10.4. The normalized spacial score (nSPS) is 23.1. The molecule has 0 saturated carbocycles. The molecule has 1 aromatic rings. The number of piperidine rings is 1. The monoisotopic (exact) mass is 327 g/mol. The van der Waals surface area contributed by atoms with Gasteiger partial charge in [-0.05, 0) is 31.9 Å². The Labute approximate surface area is 130 Å². The second-order valence-electron chi connectivity index (χ2n) is 5.42. The molecule has 6 nitrogen and oxygen atoms in total. The number of carboxylic acid groups (broad SMARTS) is 1. The van der Waals surface area contributed by atoms with Gasteiger partial charge < -0.3 is 9.84 Å². The highest BCUT2D eigenvalue weighted by Crippen LogP contribution is 2.26. The number of rotatable bonds is 6. The standard InChI is InChI=1S/C15H21NO5S/c1-12-14(15(17)18)8-5-9-16(12)22(19,20)11-10-21-13-6-3-2-4-7-13/h2-4,6-7,12,14H,5,8-11H2,1H3,(H,17,18)/t12-,14-/m1/s1. The van der Waals surface area contributed by atoms with E-state index in [9.17, 15) is 18.3 Å². The summed E-state index contributed by atoms with van der Waals surface area (Å²) < 4.78 is 31.5. The van der Waals surface area contributed by atoms with Crippen LogP contribution in [0.2, 0.25) is 0 Å². The molecular weight excluding hydrogens is 306 g/mol. The van der Waals surface area contributed by atoms with E-state index in [0.29, 0.717) is 25.1 Å². The van der Waals surface area contributed by atoms with Crippen LogP contribution in [-0.2, 0) is 14.8 Å². The lowest BCUT2D eigenvalue weighted by atomic mass is 9.92. The van der Waals surface area contributed by atoms with Crippen LogP contribution in [0.3, 0.4) is 0 Å². The highest BCUT2D eigenvalue weighted by Gasteiger charge is 2.38. The number of aliphatic carboxylic acids is 1. The fourth-order valence-electron chi connectivity index (χ4n) is 2.73. The fraction of sp³-hybridized carbons (Fsp3) is 0.533. The Hall–Kier alpha value is -1.60. The Morgan fingerprint density at radius 3 is 2.68 bits per heavy atom. The van der Waals surface area contributed by atoms with Crippen molar-refractivity contribution in [3.8, 4) is 5.75 Å². The van der Waals surface area contributed by atoms with Crippen LogP contribution < -0.4 is 4.74 Å². The van der Waals surface area contributed by atoms with E-state index in [4.69, 9.17) is 4.74 Å². The number of hydrogen-bond donors (Lipinski definition) is 1. The second-order valence-corrected chi connectivity index (χ2v) is 7.46. The summed E-state index contributed by atoms with van der Waals surface area (Å²) in [7, 11) is -3.52. The smallest absolute Gasteiger partial charge is 0.308 e. The van der Waals surface area contributed by atoms with E-state index >= 15 is 0 Å². The van der Waals surface area contributed by atoms with Crippen LogP contribution in [-0.4, -0.2) is 48.7 Å². The minimum Gasteiger partial charge on any atom is -0.492 e. The number of para-hydroxylation sites is 1. The average molecular weight is 327 g/mol. The van der Waals surface area contributed by atoms with E-state index in [2.05, 4.69) is 0 Å². The van der Waals surface area contributed by atoms with Crippen LogP contribution in [0.25, 0.3) is 0 Å². The summed E-state index contributed by atoms with van der Waals surface area (Å²) >= 11 is 0. The zero-order chi connectivity index (χ0) is 16.2. The Bertz CT molecular complexity index is 602. The van der Waals surface area contributed by atoms with Crippen molar-refractivity contribution < 1.29 is 23.1 Å². The van der Waals surface area contributed by atoms with E-state index in [0.717, 1.165) is 0 Å². The Morgan fingerprint density at radius 1 is 1.36 bits per heavy atom. The number of sulfonamides is 1. The van der Waals surface area contributed by atoms with Crippen molar-refractivity contribution in [2.24, 2.45) is 5.92 Å². The van der Waals surface area contributed by atoms with E-state index in [-0.39, 0.29) is 12.4 Å². The molecule has 122 valence electrons. The van der Waals surface area contributed by atoms with Crippen LogP contribution in [0.15, 0.2) is 30.3 Å². The average Bonchev–Trinajstić information content (AvgIpc) is 2.48. The minimum atomic E-state index is -3.52. The van der Waals surface area contributed by atoms with Gasteiger partial charge in [-0.1, -0.05) is 18.2 Å². The summed E-state index contributed by atoms with van der Waals surface area (Å²) in [6, 6.07) is 8.48. The van der Waals surface area contributed by atoms with Crippen molar-refractivity contribution in [3.63, 3.8) is 0 Å². The molecule has 1 saturated heterocycles. The van der Waals surface area contributed by atoms with Gasteiger partial charge in [-0.2, -0.15) is 4.31 Å². The predicted molar refractivity (Wildman–Crippen MR) is 82.3 cm³/mol. The molecule has 2 atom stereocenters. The van der Waals surface area contributed by atoms with Crippen LogP contribution >= 0.6 is 0 Å². The SMILES string of the molecule is C[C@@H]1[C@H](C(=O)O)CCCN1S(=O)(=O)CCOc1ccccc1. The quantitative estimate of drug-likeness (QED) is 0.857. The molecule has 0 amide bonds. The van der Waals surface area contributed by atoms with Gasteiger partial charge in [0.1, 0.15) is 12.4 Å². The maximum Gasteiger partial charge on any atom is 0.308 e. The van der Waals surface area contributed by atoms with Crippen LogP contribution in [0.4, 0.5) is 0 Å². The van der Waals surface area contributed by atoms with Gasteiger partial charge >= 0.3 is 5.97 Å². The van der Waals surface area contributed by atoms with Gasteiger partial charge in [0.25, 0.3) is 0 Å². The number of nitrogens with zero attached hydrogens (tertiary/aromatic N) is 1. The van der Waals surface area contributed by atoms with Crippen molar-refractivity contribution in [2.45, 2.75) is 25.8 Å². The first-order valence-corrected chi connectivity index (χ1v) is 8.93. The maximum atomic E-state index is 12.4. The molecule has 2 rings (SSSR count). The lowest BCUT2D eigenvalue weighted by molar-refractivity contribution is -0.144. The number of benzene rings is 1. The third-order valence-electron chi connectivity index (χ3n) is 3.96. The Morgan fingerprint density at radius 2 is 2.05 bits per heavy atom. The first-order valence-electron chi connectivity index (χ1n) is 7.32. The van der Waals surface area contributed by atoms with E-state index < -0.39 is 28.0 Å². The van der Waals surface area contributed by atoms with E-state index in [1.807, 2.05) is 18.2 Å². The van der Waals surface area contributed by atoms with Crippen molar-refractivity contribution in [1.29, 1.82) is 0 Å². The summed E-state index contributed by atoms with van der Waals surface area (Å²) in [5.41, 5.74) is 0. The molecule has 1 fully saturated rings. The molecule has 1 aliphatic heterocycles. The number of carbonyl (C=O) groups is 1. The van der Waals surface area contributed by atoms with Crippen molar-refractivity contribution in [3.05, 3.63) is 30.3 Å². The summed E-state index contributed by atoms with van der Waals surface area (Å²) in [4.78, 5) is 11.2. The summed E-state index contributed by atoms with van der Waals surface area (Å²) in [6.07, 6.45) is 1.09. The summed E-state index contributed by atoms with van der Waals surface area (Å²) in [6.45, 7) is 2.08. The fourth-order valence-corrected chi connectivity index (χ4v) is 4.32. The lowest BCUT2D eigenvalue weighted by Crippen LogP contribution is -2.50. The highest BCUT2D eigenvalue weighted by molar-refractivity contribution is 7.89. The Balaban J connectivity index is 1.96. The van der Waals surface area contributed by atoms with Gasteiger partial charge in [-0.3, -0.25) is 4.79 Å². The molecule has 0 unspecified atom stereocenters. The lowest BCUT2D eigenvalue weighted by Gasteiger charge is -2.36. The topological polar surface area (TPSA) is 83.9 Å². The third-order valence-corrected chi connectivity index (χ3v) is 5.87. The van der Waals surface area contributed by atoms with Crippen molar-refractivity contribution in [1.82, 2.24) is 4.31 Å². The molecule has 0 radical (unpaired) electrons. The molecule has 1 aromatic carbocycles. The predicted octanol–water partition coefficient (Wildman–Crippen LogP) is 1.58. The maximum absolute atomic E-state index is 12.4. The molecular formula is C15H21NO5S. The van der Waals surface area contributed by atoms with Crippen LogP contribution in [0.5, 0.6) is 5.75 Å². The van der Waals surface area contributed by atoms with Gasteiger partial charge in [0.2, 0.25) is 10.0 Å². The number of carboxylic acids is 1. The molecule has 0 bridgehead atoms. The van der Waals surface area contributed by atoms with Gasteiger partial charge in [-0.25, -0.2) is 8.42 Å². The molecule has 7 heteroatoms. The second kappa shape index (κ2) is 7.11. The van der Waals surface area contributed by atoms with Gasteiger partial charge in [0.05, 0.1) is 11.7 Å².